The Morgan fingerprint density at radius 1 is 1.11 bits per heavy atom. The highest BCUT2D eigenvalue weighted by atomic mass is 19.1. The van der Waals surface area contributed by atoms with Crippen molar-refractivity contribution in [2.24, 2.45) is 0 Å². The summed E-state index contributed by atoms with van der Waals surface area (Å²) in [5.41, 5.74) is -0.838. The molecule has 0 unspecified atom stereocenters. The molecular formula is C21H25FN2O3. The molecule has 0 bridgehead atoms. The Morgan fingerprint density at radius 3 is 2.48 bits per heavy atom. The highest BCUT2D eigenvalue weighted by molar-refractivity contribution is 6.11. The lowest BCUT2D eigenvalue weighted by molar-refractivity contribution is -0.144. The average molecular weight is 372 g/mol. The molecule has 1 saturated carbocycles. The number of likely N-dealkylation sites (tertiary alicyclic amines) is 2. The van der Waals surface area contributed by atoms with Gasteiger partial charge in [0.2, 0.25) is 17.7 Å². The number of imide groups is 1. The third-order valence-electron chi connectivity index (χ3n) is 6.33. The van der Waals surface area contributed by atoms with E-state index in [2.05, 4.69) is 0 Å². The predicted octanol–water partition coefficient (Wildman–Crippen LogP) is 2.78. The van der Waals surface area contributed by atoms with E-state index in [1.54, 1.807) is 17.0 Å². The lowest BCUT2D eigenvalue weighted by atomic mass is 9.75. The second kappa shape index (κ2) is 7.06. The van der Waals surface area contributed by atoms with Crippen molar-refractivity contribution in [1.82, 2.24) is 9.80 Å². The van der Waals surface area contributed by atoms with Gasteiger partial charge in [-0.25, -0.2) is 4.39 Å². The highest BCUT2D eigenvalue weighted by Gasteiger charge is 2.56. The molecule has 3 aliphatic rings. The molecule has 6 heteroatoms. The normalized spacial score (nSPS) is 26.4. The van der Waals surface area contributed by atoms with Crippen LogP contribution in [0, 0.1) is 5.82 Å². The third kappa shape index (κ3) is 3.15. The number of amides is 3. The Bertz CT molecular complexity index is 768. The molecule has 0 radical (unpaired) electrons. The molecule has 0 N–H and O–H groups in total. The first-order valence-electron chi connectivity index (χ1n) is 9.91. The van der Waals surface area contributed by atoms with Crippen LogP contribution in [0.3, 0.4) is 0 Å². The molecule has 2 saturated heterocycles. The van der Waals surface area contributed by atoms with Crippen LogP contribution in [0.4, 0.5) is 4.39 Å². The van der Waals surface area contributed by atoms with Gasteiger partial charge >= 0.3 is 0 Å². The van der Waals surface area contributed by atoms with Gasteiger partial charge < -0.3 is 4.90 Å². The van der Waals surface area contributed by atoms with Crippen molar-refractivity contribution in [2.75, 3.05) is 13.1 Å². The minimum absolute atomic E-state index is 0.0502. The van der Waals surface area contributed by atoms with Crippen molar-refractivity contribution < 1.29 is 18.8 Å². The van der Waals surface area contributed by atoms with Gasteiger partial charge in [0.05, 0.1) is 5.41 Å². The molecule has 3 amide bonds. The Kier molecular flexibility index (Phi) is 4.74. The second-order valence-electron chi connectivity index (χ2n) is 8.04. The van der Waals surface area contributed by atoms with E-state index in [1.165, 1.54) is 17.0 Å². The molecule has 4 rings (SSSR count). The van der Waals surface area contributed by atoms with Crippen molar-refractivity contribution in [3.05, 3.63) is 35.6 Å². The van der Waals surface area contributed by atoms with Crippen LogP contribution >= 0.6 is 0 Å². The molecule has 1 aliphatic carbocycles. The molecule has 2 heterocycles. The summed E-state index contributed by atoms with van der Waals surface area (Å²) in [6.07, 6.45) is 5.44. The Balaban J connectivity index is 1.71. The number of nitrogens with zero attached hydrogens (tertiary/aromatic N) is 2. The molecule has 1 aromatic carbocycles. The maximum Gasteiger partial charge on any atom is 0.241 e. The van der Waals surface area contributed by atoms with Gasteiger partial charge in [-0.2, -0.15) is 0 Å². The zero-order chi connectivity index (χ0) is 19.0. The van der Waals surface area contributed by atoms with Crippen molar-refractivity contribution in [2.45, 2.75) is 62.8 Å². The number of hydrogen-bond acceptors (Lipinski definition) is 3. The van der Waals surface area contributed by atoms with Gasteiger partial charge in [0.1, 0.15) is 5.82 Å². The van der Waals surface area contributed by atoms with Crippen LogP contribution in [-0.2, 0) is 19.8 Å². The number of carbonyl (C=O) groups is 3. The maximum absolute atomic E-state index is 13.9. The standard InChI is InChI=1S/C21H25FN2O3/c22-16-7-5-6-15(12-16)21(13-18(25)23-10-3-4-11-23)14-19(26)24(20(21)27)17-8-1-2-9-17/h5-7,12,17H,1-4,8-11,13-14H2/t21-/m1/s1. The quantitative estimate of drug-likeness (QED) is 0.764. The third-order valence-corrected chi connectivity index (χ3v) is 6.33. The van der Waals surface area contributed by atoms with Gasteiger partial charge in [0.25, 0.3) is 0 Å². The Hall–Kier alpha value is -2.24. The molecule has 144 valence electrons. The van der Waals surface area contributed by atoms with E-state index in [4.69, 9.17) is 0 Å². The Labute approximate surface area is 158 Å². The smallest absolute Gasteiger partial charge is 0.241 e. The summed E-state index contributed by atoms with van der Waals surface area (Å²) in [4.78, 5) is 42.4. The van der Waals surface area contributed by atoms with Crippen molar-refractivity contribution in [1.29, 1.82) is 0 Å². The highest BCUT2D eigenvalue weighted by Crippen LogP contribution is 2.43. The van der Waals surface area contributed by atoms with Crippen molar-refractivity contribution in [3.8, 4) is 0 Å². The molecule has 1 atom stereocenters. The molecule has 3 fully saturated rings. The van der Waals surface area contributed by atoms with Crippen LogP contribution < -0.4 is 0 Å². The van der Waals surface area contributed by atoms with Crippen LogP contribution in [0.25, 0.3) is 0 Å². The fraction of sp³-hybridized carbons (Fsp3) is 0.571. The SMILES string of the molecule is O=C(C[C@]1(c2cccc(F)c2)CC(=O)N(C2CCCC2)C1=O)N1CCCC1. The summed E-state index contributed by atoms with van der Waals surface area (Å²) >= 11 is 0. The zero-order valence-electron chi connectivity index (χ0n) is 15.5. The summed E-state index contributed by atoms with van der Waals surface area (Å²) in [5, 5.41) is 0. The maximum atomic E-state index is 13.9. The minimum Gasteiger partial charge on any atom is -0.343 e. The molecule has 1 aromatic rings. The fourth-order valence-corrected chi connectivity index (χ4v) is 4.88. The largest absolute Gasteiger partial charge is 0.343 e. The molecule has 0 spiro atoms. The van der Waals surface area contributed by atoms with Gasteiger partial charge in [-0.15, -0.1) is 0 Å². The van der Waals surface area contributed by atoms with E-state index in [9.17, 15) is 18.8 Å². The van der Waals surface area contributed by atoms with Gasteiger partial charge in [-0.3, -0.25) is 19.3 Å². The summed E-state index contributed by atoms with van der Waals surface area (Å²) in [5.74, 6) is -1.13. The topological polar surface area (TPSA) is 57.7 Å². The molecule has 0 aromatic heterocycles. The zero-order valence-corrected chi connectivity index (χ0v) is 15.5. The van der Waals surface area contributed by atoms with E-state index < -0.39 is 11.2 Å². The first kappa shape index (κ1) is 18.1. The number of hydrogen-bond donors (Lipinski definition) is 0. The monoisotopic (exact) mass is 372 g/mol. The van der Waals surface area contributed by atoms with Gasteiger partial charge in [0.15, 0.2) is 0 Å². The van der Waals surface area contributed by atoms with Crippen LogP contribution in [0.2, 0.25) is 0 Å². The van der Waals surface area contributed by atoms with Crippen molar-refractivity contribution in [3.63, 3.8) is 0 Å². The van der Waals surface area contributed by atoms with E-state index in [0.29, 0.717) is 18.7 Å². The number of carbonyl (C=O) groups excluding carboxylic acids is 3. The first-order valence-corrected chi connectivity index (χ1v) is 9.91. The fourth-order valence-electron chi connectivity index (χ4n) is 4.88. The van der Waals surface area contributed by atoms with E-state index in [-0.39, 0.29) is 36.6 Å². The summed E-state index contributed by atoms with van der Waals surface area (Å²) in [7, 11) is 0. The van der Waals surface area contributed by atoms with Crippen LogP contribution in [-0.4, -0.2) is 46.7 Å². The van der Waals surface area contributed by atoms with Crippen LogP contribution in [0.1, 0.15) is 56.9 Å². The van der Waals surface area contributed by atoms with E-state index in [1.807, 2.05) is 0 Å². The average Bonchev–Trinajstić information content (AvgIpc) is 3.37. The van der Waals surface area contributed by atoms with Gasteiger partial charge in [0, 0.05) is 32.0 Å². The summed E-state index contributed by atoms with van der Waals surface area (Å²) < 4.78 is 13.9. The van der Waals surface area contributed by atoms with Crippen LogP contribution in [0.5, 0.6) is 0 Å². The molecule has 27 heavy (non-hydrogen) atoms. The van der Waals surface area contributed by atoms with Crippen LogP contribution in [0.15, 0.2) is 24.3 Å². The van der Waals surface area contributed by atoms with E-state index >= 15 is 0 Å². The predicted molar refractivity (Wildman–Crippen MR) is 97.2 cm³/mol. The van der Waals surface area contributed by atoms with Gasteiger partial charge in [-0.05, 0) is 43.4 Å². The lowest BCUT2D eigenvalue weighted by Crippen LogP contribution is -2.45. The molecular weight excluding hydrogens is 347 g/mol. The van der Waals surface area contributed by atoms with Gasteiger partial charge in [-0.1, -0.05) is 25.0 Å². The molecule has 2 aliphatic heterocycles. The summed E-state index contributed by atoms with van der Waals surface area (Å²) in [6.45, 7) is 1.37. The second-order valence-corrected chi connectivity index (χ2v) is 8.04. The number of benzene rings is 1. The van der Waals surface area contributed by atoms with E-state index in [0.717, 1.165) is 38.5 Å². The summed E-state index contributed by atoms with van der Waals surface area (Å²) in [6, 6.07) is 5.75. The first-order chi connectivity index (χ1) is 13.0. The number of halogens is 1. The Morgan fingerprint density at radius 2 is 1.81 bits per heavy atom. The molecule has 5 nitrogen and oxygen atoms in total. The lowest BCUT2D eigenvalue weighted by Gasteiger charge is -2.30. The minimum atomic E-state index is -1.28. The number of rotatable bonds is 4. The van der Waals surface area contributed by atoms with Crippen molar-refractivity contribution >= 4 is 17.7 Å².